The first kappa shape index (κ1) is 28.2. The van der Waals surface area contributed by atoms with Gasteiger partial charge in [0.1, 0.15) is 11.7 Å². The number of aryl methyl sites for hydroxylation is 1. The van der Waals surface area contributed by atoms with E-state index in [4.69, 9.17) is 14.2 Å². The molecule has 200 valence electrons. The lowest BCUT2D eigenvalue weighted by Crippen LogP contribution is -2.33. The van der Waals surface area contributed by atoms with E-state index in [2.05, 4.69) is 13.8 Å². The van der Waals surface area contributed by atoms with Crippen molar-refractivity contribution in [2.24, 2.45) is 11.8 Å². The van der Waals surface area contributed by atoms with Crippen LogP contribution in [-0.2, 0) is 9.59 Å². The van der Waals surface area contributed by atoms with Gasteiger partial charge in [0.15, 0.2) is 17.3 Å². The smallest absolute Gasteiger partial charge is 0.291 e. The van der Waals surface area contributed by atoms with Crippen LogP contribution in [0.4, 0.5) is 0 Å². The average Bonchev–Trinajstić information content (AvgIpc) is 3.11. The standard InChI is InChI=1S/C29H38N2O6/c1-18(2)17-37-22-11-10-21(15-19(22)3)27(32)25-26(20-9-12-23(35-6)24(16-20)36-7)31(29(34)28(25)33)14-8-13-30(4)5/h9-12,15-16,18,25-26H,8,13-14,17H2,1-7H3. The fourth-order valence-electron chi connectivity index (χ4n) is 4.59. The SMILES string of the molecule is COc1ccc(C2C(C(=O)c3ccc(OCC(C)C)c(C)c3)C(=O)C(=O)N2CCCN(C)C)cc1OC. The lowest BCUT2D eigenvalue weighted by atomic mass is 9.85. The fraction of sp³-hybridized carbons (Fsp3) is 0.483. The van der Waals surface area contributed by atoms with Crippen molar-refractivity contribution in [2.45, 2.75) is 33.2 Å². The van der Waals surface area contributed by atoms with Gasteiger partial charge < -0.3 is 24.0 Å². The molecule has 37 heavy (non-hydrogen) atoms. The van der Waals surface area contributed by atoms with E-state index in [-0.39, 0.29) is 5.78 Å². The molecule has 8 heteroatoms. The zero-order chi connectivity index (χ0) is 27.3. The summed E-state index contributed by atoms with van der Waals surface area (Å²) in [6.07, 6.45) is 0.664. The number of methoxy groups -OCH3 is 2. The molecular weight excluding hydrogens is 472 g/mol. The van der Waals surface area contributed by atoms with Gasteiger partial charge in [-0.25, -0.2) is 0 Å². The monoisotopic (exact) mass is 510 g/mol. The van der Waals surface area contributed by atoms with Crippen LogP contribution in [0.5, 0.6) is 17.2 Å². The van der Waals surface area contributed by atoms with E-state index in [0.29, 0.717) is 53.9 Å². The lowest BCUT2D eigenvalue weighted by Gasteiger charge is -2.28. The Morgan fingerprint density at radius 2 is 1.68 bits per heavy atom. The summed E-state index contributed by atoms with van der Waals surface area (Å²) in [5.74, 6) is -0.814. The highest BCUT2D eigenvalue weighted by Crippen LogP contribution is 2.41. The second-order valence-electron chi connectivity index (χ2n) is 10.1. The number of ether oxygens (including phenoxy) is 3. The topological polar surface area (TPSA) is 85.4 Å². The van der Waals surface area contributed by atoms with E-state index >= 15 is 0 Å². The van der Waals surface area contributed by atoms with E-state index in [9.17, 15) is 14.4 Å². The van der Waals surface area contributed by atoms with E-state index in [1.165, 1.54) is 19.1 Å². The second-order valence-corrected chi connectivity index (χ2v) is 10.1. The lowest BCUT2D eigenvalue weighted by molar-refractivity contribution is -0.140. The largest absolute Gasteiger partial charge is 0.493 e. The van der Waals surface area contributed by atoms with Gasteiger partial charge in [-0.1, -0.05) is 19.9 Å². The summed E-state index contributed by atoms with van der Waals surface area (Å²) in [5.41, 5.74) is 1.82. The molecular formula is C29H38N2O6. The summed E-state index contributed by atoms with van der Waals surface area (Å²) >= 11 is 0. The highest BCUT2D eigenvalue weighted by molar-refractivity contribution is 6.44. The van der Waals surface area contributed by atoms with Crippen LogP contribution in [0, 0.1) is 18.8 Å². The van der Waals surface area contributed by atoms with Crippen LogP contribution >= 0.6 is 0 Å². The molecule has 2 unspecified atom stereocenters. The predicted molar refractivity (Wildman–Crippen MR) is 142 cm³/mol. The highest BCUT2D eigenvalue weighted by atomic mass is 16.5. The molecule has 0 aliphatic carbocycles. The summed E-state index contributed by atoms with van der Waals surface area (Å²) in [7, 11) is 6.96. The van der Waals surface area contributed by atoms with Gasteiger partial charge in [-0.2, -0.15) is 0 Å². The molecule has 0 N–H and O–H groups in total. The molecule has 8 nitrogen and oxygen atoms in total. The number of hydrogen-bond acceptors (Lipinski definition) is 7. The molecule has 0 spiro atoms. The van der Waals surface area contributed by atoms with Crippen molar-refractivity contribution in [1.82, 2.24) is 9.80 Å². The Balaban J connectivity index is 2.01. The molecule has 1 aliphatic heterocycles. The molecule has 3 rings (SSSR count). The Morgan fingerprint density at radius 3 is 2.27 bits per heavy atom. The highest BCUT2D eigenvalue weighted by Gasteiger charge is 2.51. The number of carbonyl (C=O) groups is 3. The maximum atomic E-state index is 13.8. The predicted octanol–water partition coefficient (Wildman–Crippen LogP) is 3.95. The molecule has 2 aromatic rings. The van der Waals surface area contributed by atoms with Crippen molar-refractivity contribution in [2.75, 3.05) is 48.0 Å². The van der Waals surface area contributed by atoms with Gasteiger partial charge in [0.2, 0.25) is 5.78 Å². The van der Waals surface area contributed by atoms with Crippen LogP contribution in [0.15, 0.2) is 36.4 Å². The molecule has 0 aromatic heterocycles. The molecule has 1 aliphatic rings. The average molecular weight is 511 g/mol. The molecule has 0 bridgehead atoms. The number of rotatable bonds is 12. The number of amides is 1. The normalized spacial score (nSPS) is 17.6. The van der Waals surface area contributed by atoms with Crippen molar-refractivity contribution in [3.05, 3.63) is 53.1 Å². The van der Waals surface area contributed by atoms with Crippen molar-refractivity contribution in [3.63, 3.8) is 0 Å². The zero-order valence-electron chi connectivity index (χ0n) is 22.9. The maximum Gasteiger partial charge on any atom is 0.291 e. The van der Waals surface area contributed by atoms with E-state index in [1.54, 1.807) is 36.4 Å². The Hall–Kier alpha value is -3.39. The Labute approximate surface area is 219 Å². The first-order chi connectivity index (χ1) is 17.6. The molecule has 1 fully saturated rings. The quantitative estimate of drug-likeness (QED) is 0.243. The van der Waals surface area contributed by atoms with E-state index < -0.39 is 23.7 Å². The number of hydrogen-bond donors (Lipinski definition) is 0. The third-order valence-corrected chi connectivity index (χ3v) is 6.47. The van der Waals surface area contributed by atoms with Crippen LogP contribution < -0.4 is 14.2 Å². The van der Waals surface area contributed by atoms with Gasteiger partial charge in [-0.05, 0) is 81.4 Å². The summed E-state index contributed by atoms with van der Waals surface area (Å²) in [6.45, 7) is 7.66. The van der Waals surface area contributed by atoms with E-state index in [1.807, 2.05) is 25.9 Å². The third-order valence-electron chi connectivity index (χ3n) is 6.47. The van der Waals surface area contributed by atoms with Gasteiger partial charge in [0.05, 0.1) is 26.9 Å². The third kappa shape index (κ3) is 6.31. The van der Waals surface area contributed by atoms with Crippen LogP contribution in [0.25, 0.3) is 0 Å². The summed E-state index contributed by atoms with van der Waals surface area (Å²) < 4.78 is 16.7. The van der Waals surface area contributed by atoms with Crippen molar-refractivity contribution >= 4 is 17.5 Å². The Morgan fingerprint density at radius 1 is 1.00 bits per heavy atom. The number of ketones is 2. The minimum Gasteiger partial charge on any atom is -0.493 e. The summed E-state index contributed by atoms with van der Waals surface area (Å²) in [4.78, 5) is 43.9. The Bertz CT molecular complexity index is 1140. The van der Waals surface area contributed by atoms with Crippen molar-refractivity contribution in [3.8, 4) is 17.2 Å². The van der Waals surface area contributed by atoms with Crippen LogP contribution in [0.2, 0.25) is 0 Å². The molecule has 0 radical (unpaired) electrons. The van der Waals surface area contributed by atoms with Crippen molar-refractivity contribution < 1.29 is 28.6 Å². The number of benzene rings is 2. The van der Waals surface area contributed by atoms with Crippen LogP contribution in [-0.4, -0.2) is 75.3 Å². The van der Waals surface area contributed by atoms with Gasteiger partial charge in [-0.3, -0.25) is 14.4 Å². The number of likely N-dealkylation sites (tertiary alicyclic amines) is 1. The molecule has 2 atom stereocenters. The van der Waals surface area contributed by atoms with Gasteiger partial charge in [0.25, 0.3) is 5.91 Å². The summed E-state index contributed by atoms with van der Waals surface area (Å²) in [5, 5.41) is 0. The molecule has 1 amide bonds. The molecule has 1 heterocycles. The fourth-order valence-corrected chi connectivity index (χ4v) is 4.59. The van der Waals surface area contributed by atoms with Crippen LogP contribution in [0.3, 0.4) is 0 Å². The van der Waals surface area contributed by atoms with Gasteiger partial charge in [0, 0.05) is 12.1 Å². The second kappa shape index (κ2) is 12.2. The van der Waals surface area contributed by atoms with Crippen molar-refractivity contribution in [1.29, 1.82) is 0 Å². The zero-order valence-corrected chi connectivity index (χ0v) is 22.9. The Kier molecular flexibility index (Phi) is 9.32. The molecule has 2 aromatic carbocycles. The van der Waals surface area contributed by atoms with E-state index in [0.717, 1.165) is 12.1 Å². The first-order valence-electron chi connectivity index (χ1n) is 12.6. The van der Waals surface area contributed by atoms with Gasteiger partial charge >= 0.3 is 0 Å². The number of Topliss-reactive ketones (excluding diaryl/α,β-unsaturated/α-hetero) is 2. The summed E-state index contributed by atoms with van der Waals surface area (Å²) in [6, 6.07) is 9.66. The van der Waals surface area contributed by atoms with Crippen LogP contribution in [0.1, 0.15) is 47.8 Å². The number of carbonyl (C=O) groups excluding carboxylic acids is 3. The maximum absolute atomic E-state index is 13.8. The molecule has 0 saturated carbocycles. The van der Waals surface area contributed by atoms with Gasteiger partial charge in [-0.15, -0.1) is 0 Å². The minimum absolute atomic E-state index is 0.354. The number of nitrogens with zero attached hydrogens (tertiary/aromatic N) is 2. The minimum atomic E-state index is -1.16. The molecule has 1 saturated heterocycles. The first-order valence-corrected chi connectivity index (χ1v) is 12.6.